The maximum Gasteiger partial charge on any atom is 0.251 e. The minimum atomic E-state index is 0.171. The first-order valence-corrected chi connectivity index (χ1v) is 6.47. The van der Waals surface area contributed by atoms with Gasteiger partial charge in [-0.1, -0.05) is 6.92 Å². The van der Waals surface area contributed by atoms with Crippen LogP contribution in [-0.4, -0.2) is 25.5 Å². The maximum atomic E-state index is 12.0. The van der Waals surface area contributed by atoms with Crippen molar-refractivity contribution in [3.8, 4) is 5.95 Å². The number of Topliss-reactive ketones (excluding diaryl/α,β-unsaturated/α-hetero) is 1. The predicted molar refractivity (Wildman–Crippen MR) is 70.4 cm³/mol. The molecule has 19 heavy (non-hydrogen) atoms. The number of rotatable bonds is 1. The molecule has 0 radical (unpaired) electrons. The van der Waals surface area contributed by atoms with Crippen molar-refractivity contribution in [3.63, 3.8) is 0 Å². The molecule has 1 aliphatic rings. The highest BCUT2D eigenvalue weighted by molar-refractivity contribution is 5.98. The van der Waals surface area contributed by atoms with E-state index in [9.17, 15) is 4.79 Å². The first kappa shape index (κ1) is 12.0. The molecule has 1 aliphatic carbocycles. The molecule has 2 heterocycles. The minimum absolute atomic E-state index is 0.171. The number of carbonyl (C=O) groups is 1. The Labute approximate surface area is 111 Å². The molecule has 0 aliphatic heterocycles. The van der Waals surface area contributed by atoms with Crippen molar-refractivity contribution in [3.05, 3.63) is 34.9 Å². The lowest BCUT2D eigenvalue weighted by molar-refractivity contribution is 0.0952. The molecule has 0 unspecified atom stereocenters. The topological polar surface area (TPSA) is 60.7 Å². The lowest BCUT2D eigenvalue weighted by atomic mass is 9.88. The lowest BCUT2D eigenvalue weighted by Crippen LogP contribution is -2.20. The van der Waals surface area contributed by atoms with Gasteiger partial charge in [-0.3, -0.25) is 4.79 Å². The Morgan fingerprint density at radius 3 is 2.58 bits per heavy atom. The van der Waals surface area contributed by atoms with E-state index in [1.54, 1.807) is 10.9 Å². The third-order valence-corrected chi connectivity index (χ3v) is 3.40. The molecular formula is C14H16N4O. The van der Waals surface area contributed by atoms with Gasteiger partial charge < -0.3 is 0 Å². The zero-order valence-electron chi connectivity index (χ0n) is 11.3. The number of fused-ring (bicyclic) bond motifs is 1. The van der Waals surface area contributed by atoms with Gasteiger partial charge in [0.05, 0.1) is 17.5 Å². The van der Waals surface area contributed by atoms with E-state index in [1.165, 1.54) is 0 Å². The third kappa shape index (κ3) is 2.05. The van der Waals surface area contributed by atoms with Crippen LogP contribution in [-0.2, 0) is 6.42 Å². The van der Waals surface area contributed by atoms with Gasteiger partial charge in [-0.15, -0.1) is 0 Å². The van der Waals surface area contributed by atoms with E-state index in [0.717, 1.165) is 29.1 Å². The summed E-state index contributed by atoms with van der Waals surface area (Å²) in [6.07, 6.45) is 3.09. The fourth-order valence-corrected chi connectivity index (χ4v) is 2.61. The monoisotopic (exact) mass is 256 g/mol. The summed E-state index contributed by atoms with van der Waals surface area (Å²) in [5.74, 6) is 1.08. The highest BCUT2D eigenvalue weighted by Gasteiger charge is 2.27. The second-order valence-electron chi connectivity index (χ2n) is 5.30. The summed E-state index contributed by atoms with van der Waals surface area (Å²) < 4.78 is 1.71. The number of carbonyl (C=O) groups excluding carboxylic acids is 1. The molecule has 0 amide bonds. The van der Waals surface area contributed by atoms with Crippen molar-refractivity contribution in [1.82, 2.24) is 19.7 Å². The SMILES string of the molecule is Cc1cc(C)nc(-n2ncc3c2C[C@@H](C)CC3=O)n1. The molecule has 0 N–H and O–H groups in total. The van der Waals surface area contributed by atoms with Gasteiger partial charge in [-0.2, -0.15) is 5.10 Å². The van der Waals surface area contributed by atoms with Gasteiger partial charge >= 0.3 is 0 Å². The molecule has 3 rings (SSSR count). The molecule has 5 nitrogen and oxygen atoms in total. The molecule has 1 atom stereocenters. The fourth-order valence-electron chi connectivity index (χ4n) is 2.61. The van der Waals surface area contributed by atoms with Gasteiger partial charge in [0, 0.05) is 17.8 Å². The maximum absolute atomic E-state index is 12.0. The van der Waals surface area contributed by atoms with Gasteiger partial charge in [0.25, 0.3) is 5.95 Å². The summed E-state index contributed by atoms with van der Waals surface area (Å²) in [6.45, 7) is 5.95. The highest BCUT2D eigenvalue weighted by Crippen LogP contribution is 2.26. The Morgan fingerprint density at radius 2 is 1.89 bits per heavy atom. The number of nitrogens with zero attached hydrogens (tertiary/aromatic N) is 4. The Balaban J connectivity index is 2.14. The zero-order chi connectivity index (χ0) is 13.6. The molecule has 0 spiro atoms. The van der Waals surface area contributed by atoms with Crippen LogP contribution in [0.5, 0.6) is 0 Å². The number of aromatic nitrogens is 4. The molecule has 0 fully saturated rings. The first-order valence-electron chi connectivity index (χ1n) is 6.47. The van der Waals surface area contributed by atoms with Crippen molar-refractivity contribution < 1.29 is 4.79 Å². The summed E-state index contributed by atoms with van der Waals surface area (Å²) in [5.41, 5.74) is 3.47. The van der Waals surface area contributed by atoms with E-state index < -0.39 is 0 Å². The standard InChI is InChI=1S/C14H16N4O/c1-8-4-12-11(13(19)5-8)7-15-18(12)14-16-9(2)6-10(3)17-14/h6-8H,4-5H2,1-3H3/t8-/m1/s1. The van der Waals surface area contributed by atoms with Gasteiger partial charge in [0.1, 0.15) is 0 Å². The van der Waals surface area contributed by atoms with Crippen molar-refractivity contribution in [2.24, 2.45) is 5.92 Å². The molecule has 5 heteroatoms. The van der Waals surface area contributed by atoms with Crippen LogP contribution < -0.4 is 0 Å². The van der Waals surface area contributed by atoms with Crippen molar-refractivity contribution >= 4 is 5.78 Å². The van der Waals surface area contributed by atoms with Crippen molar-refractivity contribution in [2.75, 3.05) is 0 Å². The normalized spacial score (nSPS) is 18.5. The van der Waals surface area contributed by atoms with E-state index in [0.29, 0.717) is 18.3 Å². The van der Waals surface area contributed by atoms with Crippen LogP contribution in [0.4, 0.5) is 0 Å². The smallest absolute Gasteiger partial charge is 0.251 e. The van der Waals surface area contributed by atoms with E-state index in [-0.39, 0.29) is 5.78 Å². The summed E-state index contributed by atoms with van der Waals surface area (Å²) >= 11 is 0. The molecule has 0 bridgehead atoms. The third-order valence-electron chi connectivity index (χ3n) is 3.40. The molecular weight excluding hydrogens is 240 g/mol. The second-order valence-corrected chi connectivity index (χ2v) is 5.30. The summed E-state index contributed by atoms with van der Waals surface area (Å²) in [4.78, 5) is 20.8. The van der Waals surface area contributed by atoms with Crippen LogP contribution in [0.1, 0.15) is 40.8 Å². The predicted octanol–water partition coefficient (Wildman–Crippen LogP) is 2.04. The van der Waals surface area contributed by atoms with E-state index >= 15 is 0 Å². The van der Waals surface area contributed by atoms with Crippen LogP contribution in [0.3, 0.4) is 0 Å². The molecule has 98 valence electrons. The average molecular weight is 256 g/mol. The van der Waals surface area contributed by atoms with E-state index in [2.05, 4.69) is 22.0 Å². The Morgan fingerprint density at radius 1 is 1.21 bits per heavy atom. The first-order chi connectivity index (χ1) is 9.04. The summed E-state index contributed by atoms with van der Waals surface area (Å²) in [7, 11) is 0. The quantitative estimate of drug-likeness (QED) is 0.783. The number of hydrogen-bond donors (Lipinski definition) is 0. The van der Waals surface area contributed by atoms with Gasteiger partial charge in [0.2, 0.25) is 0 Å². The molecule has 0 saturated carbocycles. The zero-order valence-corrected chi connectivity index (χ0v) is 11.3. The Kier molecular flexibility index (Phi) is 2.69. The highest BCUT2D eigenvalue weighted by atomic mass is 16.1. The van der Waals surface area contributed by atoms with Gasteiger partial charge in [-0.25, -0.2) is 14.6 Å². The lowest BCUT2D eigenvalue weighted by Gasteiger charge is -2.18. The minimum Gasteiger partial charge on any atom is -0.294 e. The van der Waals surface area contributed by atoms with E-state index in [1.807, 2.05) is 19.9 Å². The van der Waals surface area contributed by atoms with E-state index in [4.69, 9.17) is 0 Å². The fraction of sp³-hybridized carbons (Fsp3) is 0.429. The Bertz CT molecular complexity index is 639. The second kappa shape index (κ2) is 4.26. The van der Waals surface area contributed by atoms with Gasteiger partial charge in [-0.05, 0) is 32.3 Å². The molecule has 0 aromatic carbocycles. The van der Waals surface area contributed by atoms with Crippen molar-refractivity contribution in [2.45, 2.75) is 33.6 Å². The Hall–Kier alpha value is -2.04. The number of ketones is 1. The molecule has 2 aromatic rings. The summed E-state index contributed by atoms with van der Waals surface area (Å²) in [6, 6.07) is 1.92. The summed E-state index contributed by atoms with van der Waals surface area (Å²) in [5, 5.41) is 4.31. The van der Waals surface area contributed by atoms with Crippen LogP contribution in [0.25, 0.3) is 5.95 Å². The molecule has 2 aromatic heterocycles. The van der Waals surface area contributed by atoms with Crippen LogP contribution in [0, 0.1) is 19.8 Å². The van der Waals surface area contributed by atoms with Gasteiger partial charge in [0.15, 0.2) is 5.78 Å². The average Bonchev–Trinajstić information content (AvgIpc) is 2.71. The van der Waals surface area contributed by atoms with Crippen LogP contribution in [0.15, 0.2) is 12.3 Å². The molecule has 0 saturated heterocycles. The largest absolute Gasteiger partial charge is 0.294 e. The van der Waals surface area contributed by atoms with Crippen molar-refractivity contribution in [1.29, 1.82) is 0 Å². The van der Waals surface area contributed by atoms with Crippen LogP contribution in [0.2, 0.25) is 0 Å². The van der Waals surface area contributed by atoms with Crippen LogP contribution >= 0.6 is 0 Å². The number of aryl methyl sites for hydroxylation is 2. The number of hydrogen-bond acceptors (Lipinski definition) is 4.